The van der Waals surface area contributed by atoms with Crippen molar-refractivity contribution in [3.8, 4) is 0 Å². The summed E-state index contributed by atoms with van der Waals surface area (Å²) in [4.78, 5) is 24.3. The Kier molecular flexibility index (Phi) is 4.16. The van der Waals surface area contributed by atoms with Gasteiger partial charge in [-0.15, -0.1) is 11.8 Å². The molecule has 1 aromatic heterocycles. The van der Waals surface area contributed by atoms with Crippen LogP contribution < -0.4 is 0 Å². The lowest BCUT2D eigenvalue weighted by Gasteiger charge is -2.02. The van der Waals surface area contributed by atoms with E-state index in [1.165, 1.54) is 17.8 Å². The normalized spacial score (nSPS) is 10.4. The summed E-state index contributed by atoms with van der Waals surface area (Å²) in [7, 11) is 0. The van der Waals surface area contributed by atoms with E-state index in [2.05, 4.69) is 5.10 Å². The van der Waals surface area contributed by atoms with Crippen LogP contribution in [0.25, 0.3) is 0 Å². The van der Waals surface area contributed by atoms with E-state index >= 15 is 0 Å². The van der Waals surface area contributed by atoms with Crippen molar-refractivity contribution in [3.05, 3.63) is 47.8 Å². The van der Waals surface area contributed by atoms with Crippen molar-refractivity contribution in [2.75, 3.05) is 6.26 Å². The molecule has 0 amide bonds. The molecule has 0 aliphatic rings. The Bertz CT molecular complexity index is 602. The Hall–Kier alpha value is -1.88. The van der Waals surface area contributed by atoms with Gasteiger partial charge in [-0.3, -0.25) is 14.3 Å². The summed E-state index contributed by atoms with van der Waals surface area (Å²) in [5, 5.41) is 4.01. The Morgan fingerprint density at radius 1 is 1.21 bits per heavy atom. The van der Waals surface area contributed by atoms with E-state index < -0.39 is 0 Å². The number of carbonyl (C=O) groups excluding carboxylic acids is 2. The van der Waals surface area contributed by atoms with E-state index in [0.717, 1.165) is 4.90 Å². The minimum atomic E-state index is -0.0528. The molecule has 0 atom stereocenters. The lowest BCUT2D eigenvalue weighted by Crippen LogP contribution is -2.10. The van der Waals surface area contributed by atoms with Crippen LogP contribution in [0.3, 0.4) is 0 Å². The highest BCUT2D eigenvalue weighted by Gasteiger charge is 2.09. The van der Waals surface area contributed by atoms with Crippen LogP contribution in [0.5, 0.6) is 0 Å². The van der Waals surface area contributed by atoms with Gasteiger partial charge in [-0.25, -0.2) is 0 Å². The van der Waals surface area contributed by atoms with Crippen LogP contribution in [0.2, 0.25) is 0 Å². The molecule has 0 unspecified atom stereocenters. The number of Topliss-reactive ketones (excluding diaryl/α,β-unsaturated/α-hetero) is 2. The van der Waals surface area contributed by atoms with E-state index in [9.17, 15) is 9.59 Å². The fourth-order valence-corrected chi connectivity index (χ4v) is 2.06. The molecule has 0 saturated heterocycles. The Balaban J connectivity index is 2.08. The first-order valence-corrected chi connectivity index (χ1v) is 7.03. The maximum atomic E-state index is 12.0. The summed E-state index contributed by atoms with van der Waals surface area (Å²) >= 11 is 1.63. The van der Waals surface area contributed by atoms with E-state index in [0.29, 0.717) is 11.1 Å². The van der Waals surface area contributed by atoms with Crippen molar-refractivity contribution < 1.29 is 9.59 Å². The molecule has 0 N–H and O–H groups in total. The minimum Gasteiger partial charge on any atom is -0.294 e. The van der Waals surface area contributed by atoms with Gasteiger partial charge in [0, 0.05) is 16.7 Å². The third kappa shape index (κ3) is 3.32. The SMILES string of the molecule is CSc1ccc(C(=O)Cn2cc(C(C)=O)cn2)cc1. The first-order valence-electron chi connectivity index (χ1n) is 5.81. The highest BCUT2D eigenvalue weighted by atomic mass is 32.2. The molecule has 4 nitrogen and oxygen atoms in total. The zero-order valence-electron chi connectivity index (χ0n) is 10.8. The molecule has 0 spiro atoms. The smallest absolute Gasteiger partial charge is 0.184 e. The largest absolute Gasteiger partial charge is 0.294 e. The van der Waals surface area contributed by atoms with Gasteiger partial charge < -0.3 is 0 Å². The second kappa shape index (κ2) is 5.84. The van der Waals surface area contributed by atoms with Gasteiger partial charge in [-0.1, -0.05) is 12.1 Å². The topological polar surface area (TPSA) is 52.0 Å². The molecular weight excluding hydrogens is 260 g/mol. The van der Waals surface area contributed by atoms with E-state index in [1.807, 2.05) is 30.5 Å². The maximum absolute atomic E-state index is 12.0. The second-order valence-electron chi connectivity index (χ2n) is 4.13. The van der Waals surface area contributed by atoms with Gasteiger partial charge in [0.2, 0.25) is 0 Å². The fraction of sp³-hybridized carbons (Fsp3) is 0.214. The van der Waals surface area contributed by atoms with Gasteiger partial charge in [0.25, 0.3) is 0 Å². The highest BCUT2D eigenvalue weighted by molar-refractivity contribution is 7.98. The molecule has 5 heteroatoms. The summed E-state index contributed by atoms with van der Waals surface area (Å²) in [6.07, 6.45) is 5.06. The lowest BCUT2D eigenvalue weighted by molar-refractivity contribution is 0.0964. The highest BCUT2D eigenvalue weighted by Crippen LogP contribution is 2.15. The number of benzene rings is 1. The van der Waals surface area contributed by atoms with Gasteiger partial charge in [0.15, 0.2) is 11.6 Å². The van der Waals surface area contributed by atoms with Gasteiger partial charge in [-0.05, 0) is 25.3 Å². The molecule has 1 aromatic carbocycles. The number of rotatable bonds is 5. The van der Waals surface area contributed by atoms with Gasteiger partial charge in [-0.2, -0.15) is 5.10 Å². The Morgan fingerprint density at radius 2 is 1.89 bits per heavy atom. The monoisotopic (exact) mass is 274 g/mol. The van der Waals surface area contributed by atoms with Crippen LogP contribution >= 0.6 is 11.8 Å². The van der Waals surface area contributed by atoms with Crippen LogP contribution in [0.1, 0.15) is 27.6 Å². The first-order chi connectivity index (χ1) is 9.10. The first kappa shape index (κ1) is 13.5. The molecule has 0 aliphatic heterocycles. The molecular formula is C14H14N2O2S. The molecule has 0 saturated carbocycles. The van der Waals surface area contributed by atoms with Crippen molar-refractivity contribution in [3.63, 3.8) is 0 Å². The van der Waals surface area contributed by atoms with E-state index in [-0.39, 0.29) is 18.1 Å². The Morgan fingerprint density at radius 3 is 2.42 bits per heavy atom. The summed E-state index contributed by atoms with van der Waals surface area (Å²) in [6, 6.07) is 7.46. The summed E-state index contributed by atoms with van der Waals surface area (Å²) in [5.41, 5.74) is 1.17. The minimum absolute atomic E-state index is 0.0224. The molecule has 0 aliphatic carbocycles. The summed E-state index contributed by atoms with van der Waals surface area (Å²) in [6.45, 7) is 1.62. The van der Waals surface area contributed by atoms with Gasteiger partial charge in [0.1, 0.15) is 6.54 Å². The molecule has 98 valence electrons. The number of hydrogen-bond acceptors (Lipinski definition) is 4. The lowest BCUT2D eigenvalue weighted by atomic mass is 10.1. The van der Waals surface area contributed by atoms with Crippen molar-refractivity contribution >= 4 is 23.3 Å². The van der Waals surface area contributed by atoms with Gasteiger partial charge >= 0.3 is 0 Å². The van der Waals surface area contributed by atoms with Crippen LogP contribution in [-0.2, 0) is 6.54 Å². The number of aromatic nitrogens is 2. The van der Waals surface area contributed by atoms with Crippen molar-refractivity contribution in [2.45, 2.75) is 18.4 Å². The number of nitrogens with zero attached hydrogens (tertiary/aromatic N) is 2. The molecule has 2 aromatic rings. The van der Waals surface area contributed by atoms with Gasteiger partial charge in [0.05, 0.1) is 11.8 Å². The van der Waals surface area contributed by atoms with Crippen LogP contribution in [0, 0.1) is 0 Å². The number of carbonyl (C=O) groups is 2. The van der Waals surface area contributed by atoms with Crippen LogP contribution in [-0.4, -0.2) is 27.6 Å². The van der Waals surface area contributed by atoms with E-state index in [4.69, 9.17) is 0 Å². The van der Waals surface area contributed by atoms with Crippen LogP contribution in [0.4, 0.5) is 0 Å². The quantitative estimate of drug-likeness (QED) is 0.621. The standard InChI is InChI=1S/C14H14N2O2S/c1-10(17)12-7-15-16(8-12)9-14(18)11-3-5-13(19-2)6-4-11/h3-8H,9H2,1-2H3. The Labute approximate surface area is 115 Å². The number of hydrogen-bond donors (Lipinski definition) is 0. The maximum Gasteiger partial charge on any atom is 0.184 e. The zero-order valence-corrected chi connectivity index (χ0v) is 11.6. The number of thioether (sulfide) groups is 1. The third-order valence-electron chi connectivity index (χ3n) is 2.76. The van der Waals surface area contributed by atoms with Crippen molar-refractivity contribution in [1.82, 2.24) is 9.78 Å². The molecule has 0 fully saturated rings. The molecule has 2 rings (SSSR count). The molecule has 0 radical (unpaired) electrons. The van der Waals surface area contributed by atoms with Crippen molar-refractivity contribution in [1.29, 1.82) is 0 Å². The fourth-order valence-electron chi connectivity index (χ4n) is 1.65. The molecule has 19 heavy (non-hydrogen) atoms. The summed E-state index contributed by atoms with van der Waals surface area (Å²) < 4.78 is 1.49. The second-order valence-corrected chi connectivity index (χ2v) is 5.01. The van der Waals surface area contributed by atoms with E-state index in [1.54, 1.807) is 18.0 Å². The predicted molar refractivity (Wildman–Crippen MR) is 74.8 cm³/mol. The zero-order chi connectivity index (χ0) is 13.8. The summed E-state index contributed by atoms with van der Waals surface area (Å²) in [5.74, 6) is -0.0751. The van der Waals surface area contributed by atoms with Crippen molar-refractivity contribution in [2.24, 2.45) is 0 Å². The predicted octanol–water partition coefficient (Wildman–Crippen LogP) is 2.69. The average Bonchev–Trinajstić information content (AvgIpc) is 2.87. The average molecular weight is 274 g/mol. The third-order valence-corrected chi connectivity index (χ3v) is 3.50. The molecule has 1 heterocycles. The molecule has 0 bridgehead atoms. The van der Waals surface area contributed by atoms with Crippen LogP contribution in [0.15, 0.2) is 41.6 Å². The number of ketones is 2.